The fourth-order valence-electron chi connectivity index (χ4n) is 2.88. The second-order valence-corrected chi connectivity index (χ2v) is 6.18. The van der Waals surface area contributed by atoms with Crippen LogP contribution in [0.5, 0.6) is 5.75 Å². The third kappa shape index (κ3) is 5.06. The highest BCUT2D eigenvalue weighted by atomic mass is 19.3. The molecule has 1 aliphatic heterocycles. The van der Waals surface area contributed by atoms with Crippen LogP contribution in [0.4, 0.5) is 13.6 Å². The number of piperidine rings is 1. The number of urea groups is 1. The quantitative estimate of drug-likeness (QED) is 0.864. The number of hydrogen-bond donors (Lipinski definition) is 2. The number of likely N-dealkylation sites (tertiary alicyclic amines) is 1. The number of alkyl halides is 2. The topological polar surface area (TPSA) is 61.8 Å². The van der Waals surface area contributed by atoms with Crippen molar-refractivity contribution in [2.24, 2.45) is 5.92 Å². The van der Waals surface area contributed by atoms with Gasteiger partial charge in [0, 0.05) is 13.1 Å². The SMILES string of the molecule is CC(NC(=O)N1CCC(C(C)O)CC1)c1ccc(OC(F)F)cc1. The number of nitrogens with zero attached hydrogens (tertiary/aromatic N) is 1. The summed E-state index contributed by atoms with van der Waals surface area (Å²) in [6.45, 7) is 2.01. The van der Waals surface area contributed by atoms with E-state index in [9.17, 15) is 18.7 Å². The van der Waals surface area contributed by atoms with Crippen molar-refractivity contribution < 1.29 is 23.4 Å². The van der Waals surface area contributed by atoms with Crippen LogP contribution < -0.4 is 10.1 Å². The van der Waals surface area contributed by atoms with E-state index in [0.29, 0.717) is 13.1 Å². The van der Waals surface area contributed by atoms with Crippen LogP contribution in [0, 0.1) is 5.92 Å². The molecule has 1 heterocycles. The van der Waals surface area contributed by atoms with Crippen LogP contribution in [0.1, 0.15) is 38.3 Å². The first-order valence-corrected chi connectivity index (χ1v) is 8.15. The second-order valence-electron chi connectivity index (χ2n) is 6.18. The van der Waals surface area contributed by atoms with Crippen LogP contribution in [0.2, 0.25) is 0 Å². The minimum Gasteiger partial charge on any atom is -0.435 e. The van der Waals surface area contributed by atoms with Crippen LogP contribution in [0.15, 0.2) is 24.3 Å². The molecular weight excluding hydrogens is 318 g/mol. The molecule has 5 nitrogen and oxygen atoms in total. The Balaban J connectivity index is 1.85. The molecule has 2 atom stereocenters. The van der Waals surface area contributed by atoms with Gasteiger partial charge in [0.1, 0.15) is 5.75 Å². The molecule has 134 valence electrons. The minimum atomic E-state index is -2.85. The van der Waals surface area contributed by atoms with E-state index in [1.54, 1.807) is 24.0 Å². The van der Waals surface area contributed by atoms with Gasteiger partial charge in [0.15, 0.2) is 0 Å². The van der Waals surface area contributed by atoms with Crippen LogP contribution in [0.25, 0.3) is 0 Å². The fourth-order valence-corrected chi connectivity index (χ4v) is 2.88. The van der Waals surface area contributed by atoms with Crippen molar-refractivity contribution in [3.05, 3.63) is 29.8 Å². The zero-order chi connectivity index (χ0) is 17.7. The maximum atomic E-state index is 12.3. The van der Waals surface area contributed by atoms with Gasteiger partial charge in [-0.1, -0.05) is 12.1 Å². The lowest BCUT2D eigenvalue weighted by molar-refractivity contribution is -0.0498. The van der Waals surface area contributed by atoms with E-state index in [1.165, 1.54) is 12.1 Å². The summed E-state index contributed by atoms with van der Waals surface area (Å²) in [5, 5.41) is 12.5. The summed E-state index contributed by atoms with van der Waals surface area (Å²) in [6, 6.07) is 5.83. The predicted molar refractivity (Wildman–Crippen MR) is 86.0 cm³/mol. The van der Waals surface area contributed by atoms with Crippen molar-refractivity contribution in [2.75, 3.05) is 13.1 Å². The highest BCUT2D eigenvalue weighted by molar-refractivity contribution is 5.74. The Bertz CT molecular complexity index is 529. The average molecular weight is 342 g/mol. The summed E-state index contributed by atoms with van der Waals surface area (Å²) in [5.74, 6) is 0.335. The fraction of sp³-hybridized carbons (Fsp3) is 0.588. The number of hydrogen-bond acceptors (Lipinski definition) is 3. The molecule has 0 bridgehead atoms. The Morgan fingerprint density at radius 3 is 2.33 bits per heavy atom. The minimum absolute atomic E-state index is 0.0903. The van der Waals surface area contributed by atoms with Crippen LogP contribution >= 0.6 is 0 Å². The monoisotopic (exact) mass is 342 g/mol. The number of benzene rings is 1. The highest BCUT2D eigenvalue weighted by Crippen LogP contribution is 2.22. The first kappa shape index (κ1) is 18.4. The molecule has 1 aliphatic rings. The Morgan fingerprint density at radius 2 is 1.83 bits per heavy atom. The van der Waals surface area contributed by atoms with E-state index in [-0.39, 0.29) is 29.8 Å². The molecule has 1 aromatic rings. The number of aliphatic hydroxyl groups is 1. The van der Waals surface area contributed by atoms with Gasteiger partial charge in [0.05, 0.1) is 12.1 Å². The molecular formula is C17H24F2N2O3. The summed E-state index contributed by atoms with van der Waals surface area (Å²) >= 11 is 0. The number of aliphatic hydroxyl groups excluding tert-OH is 1. The lowest BCUT2D eigenvalue weighted by atomic mass is 9.92. The first-order chi connectivity index (χ1) is 11.4. The molecule has 0 radical (unpaired) electrons. The van der Waals surface area contributed by atoms with Gasteiger partial charge in [-0.05, 0) is 50.3 Å². The zero-order valence-corrected chi connectivity index (χ0v) is 13.9. The van der Waals surface area contributed by atoms with Gasteiger partial charge >= 0.3 is 12.6 Å². The smallest absolute Gasteiger partial charge is 0.387 e. The maximum absolute atomic E-state index is 12.3. The van der Waals surface area contributed by atoms with Crippen molar-refractivity contribution in [3.63, 3.8) is 0 Å². The molecule has 1 aromatic carbocycles. The summed E-state index contributed by atoms with van der Waals surface area (Å²) in [5.41, 5.74) is 0.809. The molecule has 2 unspecified atom stereocenters. The molecule has 2 N–H and O–H groups in total. The standard InChI is InChI=1S/C17H24F2N2O3/c1-11(13-3-5-15(6-4-13)24-16(18)19)20-17(23)21-9-7-14(8-10-21)12(2)22/h3-6,11-12,14,16,22H,7-10H2,1-2H3,(H,20,23). The van der Waals surface area contributed by atoms with Crippen molar-refractivity contribution in [1.29, 1.82) is 0 Å². The number of carbonyl (C=O) groups is 1. The van der Waals surface area contributed by atoms with Crippen molar-refractivity contribution in [3.8, 4) is 5.75 Å². The number of nitrogens with one attached hydrogen (secondary N) is 1. The summed E-state index contributed by atoms with van der Waals surface area (Å²) in [7, 11) is 0. The van der Waals surface area contributed by atoms with E-state index >= 15 is 0 Å². The normalized spacial score (nSPS) is 18.3. The molecule has 0 spiro atoms. The Hall–Kier alpha value is -1.89. The molecule has 7 heteroatoms. The Labute approximate surface area is 140 Å². The van der Waals surface area contributed by atoms with Gasteiger partial charge in [-0.3, -0.25) is 0 Å². The molecule has 24 heavy (non-hydrogen) atoms. The third-order valence-corrected chi connectivity index (χ3v) is 4.45. The summed E-state index contributed by atoms with van der Waals surface area (Å²) < 4.78 is 28.6. The van der Waals surface area contributed by atoms with E-state index in [1.807, 2.05) is 6.92 Å². The largest absolute Gasteiger partial charge is 0.435 e. The van der Waals surface area contributed by atoms with Crippen LogP contribution in [-0.2, 0) is 0 Å². The molecule has 2 rings (SSSR count). The Kier molecular flexibility index (Phi) is 6.36. The second kappa shape index (κ2) is 8.28. The van der Waals surface area contributed by atoms with Crippen molar-refractivity contribution in [2.45, 2.75) is 45.4 Å². The number of amides is 2. The van der Waals surface area contributed by atoms with Gasteiger partial charge in [0.2, 0.25) is 0 Å². The van der Waals surface area contributed by atoms with E-state index in [0.717, 1.165) is 18.4 Å². The van der Waals surface area contributed by atoms with Gasteiger partial charge < -0.3 is 20.1 Å². The van der Waals surface area contributed by atoms with E-state index < -0.39 is 6.61 Å². The number of carbonyl (C=O) groups excluding carboxylic acids is 1. The lowest BCUT2D eigenvalue weighted by Gasteiger charge is -2.34. The molecule has 0 aliphatic carbocycles. The molecule has 0 aromatic heterocycles. The molecule has 0 saturated carbocycles. The highest BCUT2D eigenvalue weighted by Gasteiger charge is 2.26. The average Bonchev–Trinajstić information content (AvgIpc) is 2.55. The maximum Gasteiger partial charge on any atom is 0.387 e. The molecule has 2 amide bonds. The number of halogens is 2. The van der Waals surface area contributed by atoms with Crippen molar-refractivity contribution in [1.82, 2.24) is 10.2 Å². The van der Waals surface area contributed by atoms with Gasteiger partial charge in [-0.15, -0.1) is 0 Å². The predicted octanol–water partition coefficient (Wildman–Crippen LogP) is 3.15. The van der Waals surface area contributed by atoms with Crippen LogP contribution in [0.3, 0.4) is 0 Å². The van der Waals surface area contributed by atoms with E-state index in [4.69, 9.17) is 0 Å². The van der Waals surface area contributed by atoms with Gasteiger partial charge in [-0.2, -0.15) is 8.78 Å². The number of ether oxygens (including phenoxy) is 1. The summed E-state index contributed by atoms with van der Waals surface area (Å²) in [6.07, 6.45) is 1.24. The molecule has 1 saturated heterocycles. The number of rotatable bonds is 5. The van der Waals surface area contributed by atoms with Crippen LogP contribution in [-0.4, -0.2) is 41.8 Å². The summed E-state index contributed by atoms with van der Waals surface area (Å²) in [4.78, 5) is 14.0. The zero-order valence-electron chi connectivity index (χ0n) is 13.9. The molecule has 1 fully saturated rings. The Morgan fingerprint density at radius 1 is 1.25 bits per heavy atom. The van der Waals surface area contributed by atoms with Gasteiger partial charge in [0.25, 0.3) is 0 Å². The van der Waals surface area contributed by atoms with Crippen molar-refractivity contribution >= 4 is 6.03 Å². The van der Waals surface area contributed by atoms with Gasteiger partial charge in [-0.25, -0.2) is 4.79 Å². The lowest BCUT2D eigenvalue weighted by Crippen LogP contribution is -2.46. The first-order valence-electron chi connectivity index (χ1n) is 8.15. The third-order valence-electron chi connectivity index (χ3n) is 4.45. The van der Waals surface area contributed by atoms with E-state index in [2.05, 4.69) is 10.1 Å².